The van der Waals surface area contributed by atoms with E-state index < -0.39 is 24.3 Å². The first-order chi connectivity index (χ1) is 9.02. The van der Waals surface area contributed by atoms with Crippen LogP contribution in [0.5, 0.6) is 0 Å². The number of aliphatic carboxylic acids is 1. The minimum absolute atomic E-state index is 0.306. The van der Waals surface area contributed by atoms with Crippen molar-refractivity contribution in [1.29, 1.82) is 0 Å². The minimum Gasteiger partial charge on any atom is -0.480 e. The third kappa shape index (κ3) is 4.91. The number of carbonyl (C=O) groups excluding carboxylic acids is 2. The Morgan fingerprint density at radius 3 is 2.37 bits per heavy atom. The Kier molecular flexibility index (Phi) is 5.11. The minimum atomic E-state index is -1.12. The Morgan fingerprint density at radius 1 is 1.21 bits per heavy atom. The van der Waals surface area contributed by atoms with Crippen molar-refractivity contribution in [1.82, 2.24) is 5.32 Å². The molecule has 0 aliphatic rings. The summed E-state index contributed by atoms with van der Waals surface area (Å²) in [7, 11) is 0. The van der Waals surface area contributed by atoms with Gasteiger partial charge in [-0.05, 0) is 37.1 Å². The molecule has 0 saturated heterocycles. The molecule has 0 saturated carbocycles. The zero-order valence-corrected chi connectivity index (χ0v) is 10.2. The lowest BCUT2D eigenvalue weighted by Gasteiger charge is -2.04. The lowest BCUT2D eigenvalue weighted by molar-refractivity contribution is -0.135. The van der Waals surface area contributed by atoms with Crippen LogP contribution in [-0.2, 0) is 9.59 Å². The molecular weight excluding hydrogens is 248 g/mol. The zero-order valence-electron chi connectivity index (χ0n) is 10.2. The molecule has 0 atom stereocenters. The molecule has 1 aromatic carbocycles. The van der Waals surface area contributed by atoms with Gasteiger partial charge in [0, 0.05) is 11.3 Å². The summed E-state index contributed by atoms with van der Waals surface area (Å²) in [6.45, 7) is 1.11. The fourth-order valence-corrected chi connectivity index (χ4v) is 1.24. The number of rotatable bonds is 4. The van der Waals surface area contributed by atoms with Crippen LogP contribution in [0.4, 0.5) is 5.69 Å². The highest BCUT2D eigenvalue weighted by atomic mass is 16.4. The molecule has 2 amide bonds. The molecule has 6 heteroatoms. The second-order valence-corrected chi connectivity index (χ2v) is 3.48. The van der Waals surface area contributed by atoms with Crippen LogP contribution in [0, 0.1) is 11.8 Å². The summed E-state index contributed by atoms with van der Waals surface area (Å²) in [5.74, 6) is 2.74. The molecule has 6 nitrogen and oxygen atoms in total. The predicted molar refractivity (Wildman–Crippen MR) is 68.5 cm³/mol. The van der Waals surface area contributed by atoms with Crippen molar-refractivity contribution >= 4 is 23.5 Å². The second kappa shape index (κ2) is 6.81. The van der Waals surface area contributed by atoms with Gasteiger partial charge >= 0.3 is 5.97 Å². The smallest absolute Gasteiger partial charge is 0.322 e. The van der Waals surface area contributed by atoms with Crippen LogP contribution in [0.15, 0.2) is 24.3 Å². The molecule has 0 unspecified atom stereocenters. The molecule has 0 radical (unpaired) electrons. The van der Waals surface area contributed by atoms with E-state index in [9.17, 15) is 14.4 Å². The van der Waals surface area contributed by atoms with E-state index in [1.54, 1.807) is 6.92 Å². The number of carboxylic acids is 1. The first kappa shape index (κ1) is 14.3. The average molecular weight is 260 g/mol. The maximum absolute atomic E-state index is 11.5. The number of carbonyl (C=O) groups is 3. The summed E-state index contributed by atoms with van der Waals surface area (Å²) in [5, 5.41) is 13.2. The van der Waals surface area contributed by atoms with E-state index in [4.69, 9.17) is 5.11 Å². The van der Waals surface area contributed by atoms with Crippen LogP contribution in [-0.4, -0.2) is 29.4 Å². The number of carboxylic acid groups (broad SMARTS) is 1. The third-order valence-corrected chi connectivity index (χ3v) is 2.04. The Hall–Kier alpha value is -2.81. The molecule has 0 spiro atoms. The van der Waals surface area contributed by atoms with Crippen molar-refractivity contribution in [2.75, 3.05) is 11.9 Å². The molecule has 0 bridgehead atoms. The van der Waals surface area contributed by atoms with Gasteiger partial charge in [0.25, 0.3) is 11.8 Å². The second-order valence-electron chi connectivity index (χ2n) is 3.48. The quantitative estimate of drug-likeness (QED) is 0.685. The van der Waals surface area contributed by atoms with E-state index in [1.165, 1.54) is 24.3 Å². The van der Waals surface area contributed by atoms with Gasteiger partial charge in [-0.25, -0.2) is 0 Å². The van der Waals surface area contributed by atoms with Crippen LogP contribution >= 0.6 is 0 Å². The number of anilines is 1. The van der Waals surface area contributed by atoms with Gasteiger partial charge in [-0.3, -0.25) is 14.4 Å². The van der Waals surface area contributed by atoms with Crippen molar-refractivity contribution in [2.24, 2.45) is 0 Å². The van der Waals surface area contributed by atoms with Crippen LogP contribution in [0.1, 0.15) is 17.3 Å². The van der Waals surface area contributed by atoms with Gasteiger partial charge in [0.1, 0.15) is 6.54 Å². The largest absolute Gasteiger partial charge is 0.480 e. The standard InChI is InChI=1S/C13H12N2O4/c1-2-3-11(16)15-10-6-4-9(5-7-10)13(19)14-8-12(17)18/h4-7H,8H2,1H3,(H,14,19)(H,15,16)(H,17,18). The van der Waals surface area contributed by atoms with E-state index in [0.29, 0.717) is 11.3 Å². The van der Waals surface area contributed by atoms with Crippen LogP contribution in [0.3, 0.4) is 0 Å². The van der Waals surface area contributed by atoms with Crippen molar-refractivity contribution in [3.05, 3.63) is 29.8 Å². The maximum Gasteiger partial charge on any atom is 0.322 e. The fraction of sp³-hybridized carbons (Fsp3) is 0.154. The third-order valence-electron chi connectivity index (χ3n) is 2.04. The van der Waals surface area contributed by atoms with Crippen molar-refractivity contribution < 1.29 is 19.5 Å². The molecule has 0 heterocycles. The van der Waals surface area contributed by atoms with Crippen molar-refractivity contribution in [3.8, 4) is 11.8 Å². The highest BCUT2D eigenvalue weighted by Crippen LogP contribution is 2.09. The molecule has 1 rings (SSSR count). The topological polar surface area (TPSA) is 95.5 Å². The summed E-state index contributed by atoms with van der Waals surface area (Å²) in [6.07, 6.45) is 0. The van der Waals surface area contributed by atoms with Gasteiger partial charge in [0.05, 0.1) is 0 Å². The monoisotopic (exact) mass is 260 g/mol. The van der Waals surface area contributed by atoms with Crippen LogP contribution in [0.2, 0.25) is 0 Å². The molecule has 0 aliphatic carbocycles. The number of hydrogen-bond acceptors (Lipinski definition) is 3. The summed E-state index contributed by atoms with van der Waals surface area (Å²) >= 11 is 0. The normalized spacial score (nSPS) is 8.89. The molecule has 0 aromatic heterocycles. The van der Waals surface area contributed by atoms with Crippen LogP contribution < -0.4 is 10.6 Å². The van der Waals surface area contributed by atoms with Gasteiger partial charge in [-0.1, -0.05) is 5.92 Å². The first-order valence-corrected chi connectivity index (χ1v) is 5.36. The summed E-state index contributed by atoms with van der Waals surface area (Å²) in [6, 6.07) is 6.02. The summed E-state index contributed by atoms with van der Waals surface area (Å²) in [5.41, 5.74) is 0.809. The Morgan fingerprint density at radius 2 is 1.84 bits per heavy atom. The molecule has 3 N–H and O–H groups in total. The van der Waals surface area contributed by atoms with Crippen molar-refractivity contribution in [2.45, 2.75) is 6.92 Å². The van der Waals surface area contributed by atoms with Gasteiger partial charge in [0.15, 0.2) is 0 Å². The molecule has 19 heavy (non-hydrogen) atoms. The Balaban J connectivity index is 2.64. The number of amides is 2. The number of hydrogen-bond donors (Lipinski definition) is 3. The zero-order chi connectivity index (χ0) is 14.3. The molecule has 98 valence electrons. The fourth-order valence-electron chi connectivity index (χ4n) is 1.24. The summed E-state index contributed by atoms with van der Waals surface area (Å²) in [4.78, 5) is 33.0. The summed E-state index contributed by atoms with van der Waals surface area (Å²) < 4.78 is 0. The van der Waals surface area contributed by atoms with Gasteiger partial charge in [-0.15, -0.1) is 0 Å². The SMILES string of the molecule is CC#CC(=O)Nc1ccc(C(=O)NCC(=O)O)cc1. The van der Waals surface area contributed by atoms with Crippen LogP contribution in [0.25, 0.3) is 0 Å². The number of nitrogens with one attached hydrogen (secondary N) is 2. The molecule has 0 aliphatic heterocycles. The maximum atomic E-state index is 11.5. The Labute approximate surface area is 109 Å². The predicted octanol–water partition coefficient (Wildman–Crippen LogP) is 0.463. The Bertz CT molecular complexity index is 552. The lowest BCUT2D eigenvalue weighted by atomic mass is 10.2. The van der Waals surface area contributed by atoms with Gasteiger partial charge < -0.3 is 15.7 Å². The lowest BCUT2D eigenvalue weighted by Crippen LogP contribution is -2.29. The van der Waals surface area contributed by atoms with Crippen molar-refractivity contribution in [3.63, 3.8) is 0 Å². The highest BCUT2D eigenvalue weighted by Gasteiger charge is 2.07. The molecule has 1 aromatic rings. The number of benzene rings is 1. The highest BCUT2D eigenvalue weighted by molar-refractivity contribution is 6.04. The van der Waals surface area contributed by atoms with Gasteiger partial charge in [-0.2, -0.15) is 0 Å². The molecular formula is C13H12N2O4. The first-order valence-electron chi connectivity index (χ1n) is 5.36. The van der Waals surface area contributed by atoms with E-state index >= 15 is 0 Å². The average Bonchev–Trinajstić information content (AvgIpc) is 2.37. The molecule has 0 fully saturated rings. The van der Waals surface area contributed by atoms with E-state index in [0.717, 1.165) is 0 Å². The van der Waals surface area contributed by atoms with E-state index in [1.807, 2.05) is 0 Å². The van der Waals surface area contributed by atoms with E-state index in [2.05, 4.69) is 22.5 Å². The van der Waals surface area contributed by atoms with Gasteiger partial charge in [0.2, 0.25) is 0 Å². The van der Waals surface area contributed by atoms with E-state index in [-0.39, 0.29) is 0 Å².